The van der Waals surface area contributed by atoms with Crippen molar-refractivity contribution >= 4 is 5.91 Å². The molecule has 0 aliphatic heterocycles. The van der Waals surface area contributed by atoms with Crippen molar-refractivity contribution in [1.29, 1.82) is 0 Å². The molecule has 0 aliphatic carbocycles. The van der Waals surface area contributed by atoms with Gasteiger partial charge in [-0.3, -0.25) is 9.69 Å². The molecule has 0 aliphatic rings. The molecule has 0 bridgehead atoms. The molecular formula is C24H24F2N2O. The molecule has 3 aromatic rings. The van der Waals surface area contributed by atoms with Crippen molar-refractivity contribution in [2.75, 3.05) is 7.05 Å². The lowest BCUT2D eigenvalue weighted by Crippen LogP contribution is -2.44. The second-order valence-corrected chi connectivity index (χ2v) is 7.10. The third-order valence-electron chi connectivity index (χ3n) is 5.01. The van der Waals surface area contributed by atoms with Gasteiger partial charge in [0, 0.05) is 6.54 Å². The van der Waals surface area contributed by atoms with Gasteiger partial charge in [-0.25, -0.2) is 8.78 Å². The molecule has 0 saturated carbocycles. The van der Waals surface area contributed by atoms with Gasteiger partial charge in [-0.2, -0.15) is 0 Å². The summed E-state index contributed by atoms with van der Waals surface area (Å²) < 4.78 is 26.6. The topological polar surface area (TPSA) is 32.3 Å². The first-order valence-corrected chi connectivity index (χ1v) is 9.50. The van der Waals surface area contributed by atoms with Gasteiger partial charge in [0.05, 0.1) is 12.1 Å². The Balaban J connectivity index is 1.73. The van der Waals surface area contributed by atoms with E-state index in [0.29, 0.717) is 12.1 Å². The summed E-state index contributed by atoms with van der Waals surface area (Å²) in [6.45, 7) is 2.12. The number of hydrogen-bond donors (Lipinski definition) is 1. The van der Waals surface area contributed by atoms with Crippen LogP contribution in [0.1, 0.15) is 29.7 Å². The zero-order chi connectivity index (χ0) is 20.8. The van der Waals surface area contributed by atoms with Crippen LogP contribution in [0, 0.1) is 11.6 Å². The number of carbonyl (C=O) groups excluding carboxylic acids is 1. The van der Waals surface area contributed by atoms with E-state index in [2.05, 4.69) is 5.32 Å². The van der Waals surface area contributed by atoms with Gasteiger partial charge in [-0.1, -0.05) is 66.7 Å². The largest absolute Gasteiger partial charge is 0.344 e. The zero-order valence-electron chi connectivity index (χ0n) is 16.5. The summed E-state index contributed by atoms with van der Waals surface area (Å²) in [6, 6.07) is 22.6. The average molecular weight is 394 g/mol. The number of carbonyl (C=O) groups is 1. The molecule has 0 aromatic heterocycles. The fourth-order valence-electron chi connectivity index (χ4n) is 3.18. The predicted molar refractivity (Wildman–Crippen MR) is 110 cm³/mol. The van der Waals surface area contributed by atoms with E-state index >= 15 is 0 Å². The molecule has 5 heteroatoms. The molecule has 3 nitrogen and oxygen atoms in total. The van der Waals surface area contributed by atoms with Crippen LogP contribution in [0.4, 0.5) is 8.78 Å². The maximum atomic E-state index is 13.5. The summed E-state index contributed by atoms with van der Waals surface area (Å²) in [6.07, 6.45) is 0. The molecular weight excluding hydrogens is 370 g/mol. The van der Waals surface area contributed by atoms with Crippen molar-refractivity contribution in [2.24, 2.45) is 0 Å². The Morgan fingerprint density at radius 3 is 1.97 bits per heavy atom. The Bertz CT molecular complexity index is 908. The van der Waals surface area contributed by atoms with Gasteiger partial charge >= 0.3 is 0 Å². The average Bonchev–Trinajstić information content (AvgIpc) is 2.75. The molecule has 0 heterocycles. The van der Waals surface area contributed by atoms with Gasteiger partial charge in [-0.15, -0.1) is 0 Å². The second-order valence-electron chi connectivity index (χ2n) is 7.10. The highest BCUT2D eigenvalue weighted by molar-refractivity contribution is 5.82. The summed E-state index contributed by atoms with van der Waals surface area (Å²) in [5, 5.41) is 3.12. The molecule has 1 N–H and O–H groups in total. The Labute approximate surface area is 170 Å². The standard InChI is InChI=1S/C24H24F2N2O/c1-17(28(2)16-18-13-14-21(25)22(26)15-18)24(29)27-23(19-9-5-3-6-10-19)20-11-7-4-8-12-20/h3-15,17,23H,16H2,1-2H3,(H,27,29). The Morgan fingerprint density at radius 1 is 0.897 bits per heavy atom. The number of likely N-dealkylation sites (N-methyl/N-ethyl adjacent to an activating group) is 1. The van der Waals surface area contributed by atoms with Crippen molar-refractivity contribution in [1.82, 2.24) is 10.2 Å². The smallest absolute Gasteiger partial charge is 0.237 e. The van der Waals surface area contributed by atoms with Crippen molar-refractivity contribution in [3.8, 4) is 0 Å². The van der Waals surface area contributed by atoms with E-state index in [4.69, 9.17) is 0 Å². The van der Waals surface area contributed by atoms with Crippen LogP contribution in [-0.2, 0) is 11.3 Å². The number of nitrogens with zero attached hydrogens (tertiary/aromatic N) is 1. The first-order valence-electron chi connectivity index (χ1n) is 9.50. The Kier molecular flexibility index (Phi) is 6.73. The van der Waals surface area contributed by atoms with Gasteiger partial charge < -0.3 is 5.32 Å². The van der Waals surface area contributed by atoms with Crippen LogP contribution in [0.25, 0.3) is 0 Å². The number of benzene rings is 3. The number of amides is 1. The first-order chi connectivity index (χ1) is 14.0. The third-order valence-corrected chi connectivity index (χ3v) is 5.01. The first kappa shape index (κ1) is 20.7. The molecule has 3 aromatic carbocycles. The monoisotopic (exact) mass is 394 g/mol. The molecule has 0 radical (unpaired) electrons. The van der Waals surface area contributed by atoms with Gasteiger partial charge in [0.15, 0.2) is 11.6 Å². The highest BCUT2D eigenvalue weighted by atomic mass is 19.2. The summed E-state index contributed by atoms with van der Waals surface area (Å²) in [5.41, 5.74) is 2.58. The van der Waals surface area contributed by atoms with Crippen LogP contribution in [0.5, 0.6) is 0 Å². The molecule has 0 saturated heterocycles. The van der Waals surface area contributed by atoms with Gasteiger partial charge in [0.1, 0.15) is 0 Å². The number of rotatable bonds is 7. The SMILES string of the molecule is CC(C(=O)NC(c1ccccc1)c1ccccc1)N(C)Cc1ccc(F)c(F)c1. The highest BCUT2D eigenvalue weighted by Gasteiger charge is 2.23. The molecule has 1 unspecified atom stereocenters. The van der Waals surface area contributed by atoms with Crippen LogP contribution in [0.3, 0.4) is 0 Å². The molecule has 150 valence electrons. The lowest BCUT2D eigenvalue weighted by molar-refractivity contribution is -0.126. The van der Waals surface area contributed by atoms with E-state index in [1.54, 1.807) is 18.9 Å². The minimum Gasteiger partial charge on any atom is -0.344 e. The fraction of sp³-hybridized carbons (Fsp3) is 0.208. The van der Waals surface area contributed by atoms with Gasteiger partial charge in [-0.05, 0) is 42.8 Å². The molecule has 3 rings (SSSR count). The van der Waals surface area contributed by atoms with E-state index in [9.17, 15) is 13.6 Å². The number of halogens is 2. The van der Waals surface area contributed by atoms with Gasteiger partial charge in [0.25, 0.3) is 0 Å². The summed E-state index contributed by atoms with van der Waals surface area (Å²) in [4.78, 5) is 14.8. The maximum Gasteiger partial charge on any atom is 0.237 e. The van der Waals surface area contributed by atoms with Crippen LogP contribution in [0.15, 0.2) is 78.9 Å². The Morgan fingerprint density at radius 2 is 1.45 bits per heavy atom. The van der Waals surface area contributed by atoms with Gasteiger partial charge in [0.2, 0.25) is 5.91 Å². The minimum atomic E-state index is -0.888. The van der Waals surface area contributed by atoms with E-state index < -0.39 is 17.7 Å². The quantitative estimate of drug-likeness (QED) is 0.631. The fourth-order valence-corrected chi connectivity index (χ4v) is 3.18. The summed E-state index contributed by atoms with van der Waals surface area (Å²) >= 11 is 0. The van der Waals surface area contributed by atoms with E-state index in [1.165, 1.54) is 6.07 Å². The van der Waals surface area contributed by atoms with Crippen molar-refractivity contribution in [3.63, 3.8) is 0 Å². The third kappa shape index (κ3) is 5.27. The predicted octanol–water partition coefficient (Wildman–Crippen LogP) is 4.69. The number of nitrogens with one attached hydrogen (secondary N) is 1. The lowest BCUT2D eigenvalue weighted by Gasteiger charge is -2.27. The van der Waals surface area contributed by atoms with Crippen LogP contribution in [0.2, 0.25) is 0 Å². The molecule has 29 heavy (non-hydrogen) atoms. The normalized spacial score (nSPS) is 12.2. The van der Waals surface area contributed by atoms with Crippen LogP contribution < -0.4 is 5.32 Å². The molecule has 1 atom stereocenters. The van der Waals surface area contributed by atoms with E-state index in [0.717, 1.165) is 23.3 Å². The van der Waals surface area contributed by atoms with Crippen LogP contribution in [-0.4, -0.2) is 23.9 Å². The van der Waals surface area contributed by atoms with E-state index in [1.807, 2.05) is 60.7 Å². The highest BCUT2D eigenvalue weighted by Crippen LogP contribution is 2.22. The molecule has 1 amide bonds. The minimum absolute atomic E-state index is 0.146. The summed E-state index contributed by atoms with van der Waals surface area (Å²) in [7, 11) is 1.78. The molecule has 0 fully saturated rings. The summed E-state index contributed by atoms with van der Waals surface area (Å²) in [5.74, 6) is -1.91. The lowest BCUT2D eigenvalue weighted by atomic mass is 9.98. The zero-order valence-corrected chi connectivity index (χ0v) is 16.5. The maximum absolute atomic E-state index is 13.5. The van der Waals surface area contributed by atoms with Crippen LogP contribution >= 0.6 is 0 Å². The van der Waals surface area contributed by atoms with Crippen molar-refractivity contribution < 1.29 is 13.6 Å². The Hall–Kier alpha value is -3.05. The molecule has 0 spiro atoms. The van der Waals surface area contributed by atoms with E-state index in [-0.39, 0.29) is 11.9 Å². The number of hydrogen-bond acceptors (Lipinski definition) is 2. The van der Waals surface area contributed by atoms with Crippen molar-refractivity contribution in [2.45, 2.75) is 25.6 Å². The van der Waals surface area contributed by atoms with Crippen molar-refractivity contribution in [3.05, 3.63) is 107 Å². The second kappa shape index (κ2) is 9.43.